The molecule has 1 aliphatic rings. The molecule has 0 spiro atoms. The first-order chi connectivity index (χ1) is 14.1. The normalized spacial score (nSPS) is 12.9. The fraction of sp³-hybridized carbons (Fsp3) is 0.348. The summed E-state index contributed by atoms with van der Waals surface area (Å²) in [5.74, 6) is -0.387. The van der Waals surface area contributed by atoms with Crippen LogP contribution in [-0.4, -0.2) is 24.4 Å². The van der Waals surface area contributed by atoms with Crippen molar-refractivity contribution < 1.29 is 19.1 Å². The number of unbranched alkanes of at least 4 members (excludes halogenated alkanes) is 1. The summed E-state index contributed by atoms with van der Waals surface area (Å²) >= 11 is 0. The van der Waals surface area contributed by atoms with Crippen LogP contribution in [0.2, 0.25) is 0 Å². The maximum absolute atomic E-state index is 12.5. The Morgan fingerprint density at radius 1 is 1.03 bits per heavy atom. The first-order valence-electron chi connectivity index (χ1n) is 10.0. The molecule has 0 heterocycles. The molecular formula is C23H26N2O4. The average molecular weight is 394 g/mol. The lowest BCUT2D eigenvalue weighted by Gasteiger charge is -2.09. The van der Waals surface area contributed by atoms with Gasteiger partial charge >= 0.3 is 5.97 Å². The second-order valence-corrected chi connectivity index (χ2v) is 7.21. The Morgan fingerprint density at radius 2 is 1.79 bits per heavy atom. The van der Waals surface area contributed by atoms with Gasteiger partial charge in [-0.15, -0.1) is 0 Å². The van der Waals surface area contributed by atoms with Crippen LogP contribution >= 0.6 is 0 Å². The third kappa shape index (κ3) is 6.17. The van der Waals surface area contributed by atoms with E-state index < -0.39 is 5.97 Å². The van der Waals surface area contributed by atoms with Gasteiger partial charge in [-0.1, -0.05) is 31.5 Å². The molecule has 6 nitrogen and oxygen atoms in total. The minimum atomic E-state index is -0.396. The van der Waals surface area contributed by atoms with Gasteiger partial charge in [0.05, 0.1) is 12.2 Å². The van der Waals surface area contributed by atoms with E-state index in [1.54, 1.807) is 36.4 Å². The van der Waals surface area contributed by atoms with Crippen LogP contribution in [0.3, 0.4) is 0 Å². The zero-order valence-corrected chi connectivity index (χ0v) is 16.6. The molecule has 152 valence electrons. The van der Waals surface area contributed by atoms with Gasteiger partial charge in [0.2, 0.25) is 5.91 Å². The summed E-state index contributed by atoms with van der Waals surface area (Å²) in [4.78, 5) is 36.2. The fourth-order valence-corrected chi connectivity index (χ4v) is 2.77. The molecule has 0 atom stereocenters. The number of nitrogens with one attached hydrogen (secondary N) is 2. The van der Waals surface area contributed by atoms with Gasteiger partial charge in [0, 0.05) is 23.7 Å². The van der Waals surface area contributed by atoms with Crippen molar-refractivity contribution in [2.75, 3.05) is 11.9 Å². The highest BCUT2D eigenvalue weighted by atomic mass is 16.5. The molecule has 0 aliphatic heterocycles. The van der Waals surface area contributed by atoms with Crippen LogP contribution in [-0.2, 0) is 16.1 Å². The summed E-state index contributed by atoms with van der Waals surface area (Å²) in [7, 11) is 0. The molecule has 6 heteroatoms. The quantitative estimate of drug-likeness (QED) is 0.499. The average Bonchev–Trinajstić information content (AvgIpc) is 3.58. The second kappa shape index (κ2) is 9.87. The van der Waals surface area contributed by atoms with Gasteiger partial charge in [0.25, 0.3) is 5.91 Å². The molecule has 1 saturated carbocycles. The van der Waals surface area contributed by atoms with Crippen LogP contribution in [0.1, 0.15) is 58.9 Å². The number of anilines is 1. The van der Waals surface area contributed by atoms with Crippen molar-refractivity contribution in [2.45, 2.75) is 39.2 Å². The third-order valence-corrected chi connectivity index (χ3v) is 4.72. The number of carbonyl (C=O) groups excluding carboxylic acids is 3. The van der Waals surface area contributed by atoms with Crippen LogP contribution in [0.5, 0.6) is 0 Å². The van der Waals surface area contributed by atoms with Gasteiger partial charge in [0.15, 0.2) is 0 Å². The zero-order valence-electron chi connectivity index (χ0n) is 16.6. The van der Waals surface area contributed by atoms with E-state index in [0.717, 1.165) is 31.2 Å². The van der Waals surface area contributed by atoms with E-state index in [2.05, 4.69) is 10.6 Å². The Labute approximate surface area is 170 Å². The summed E-state index contributed by atoms with van der Waals surface area (Å²) in [5, 5.41) is 5.70. The highest BCUT2D eigenvalue weighted by Crippen LogP contribution is 2.28. The Balaban J connectivity index is 1.54. The van der Waals surface area contributed by atoms with Gasteiger partial charge in [-0.3, -0.25) is 9.59 Å². The molecular weight excluding hydrogens is 368 g/mol. The second-order valence-electron chi connectivity index (χ2n) is 7.21. The Hall–Kier alpha value is -3.15. The van der Waals surface area contributed by atoms with Crippen molar-refractivity contribution in [1.29, 1.82) is 0 Å². The van der Waals surface area contributed by atoms with Gasteiger partial charge in [0.1, 0.15) is 0 Å². The van der Waals surface area contributed by atoms with Crippen molar-refractivity contribution in [3.8, 4) is 0 Å². The lowest BCUT2D eigenvalue weighted by atomic mass is 10.1. The molecule has 0 radical (unpaired) electrons. The number of benzene rings is 2. The molecule has 0 bridgehead atoms. The minimum Gasteiger partial charge on any atom is -0.462 e. The van der Waals surface area contributed by atoms with Gasteiger partial charge in [-0.25, -0.2) is 4.79 Å². The van der Waals surface area contributed by atoms with Crippen molar-refractivity contribution in [1.82, 2.24) is 5.32 Å². The van der Waals surface area contributed by atoms with E-state index in [0.29, 0.717) is 30.0 Å². The van der Waals surface area contributed by atoms with Crippen LogP contribution < -0.4 is 10.6 Å². The summed E-state index contributed by atoms with van der Waals surface area (Å²) in [6, 6.07) is 13.8. The summed E-state index contributed by atoms with van der Waals surface area (Å²) in [6.07, 6.45) is 3.72. The number of esters is 1. The molecule has 0 unspecified atom stereocenters. The lowest BCUT2D eigenvalue weighted by Crippen LogP contribution is -2.24. The lowest BCUT2D eigenvalue weighted by molar-refractivity contribution is -0.122. The smallest absolute Gasteiger partial charge is 0.338 e. The van der Waals surface area contributed by atoms with Gasteiger partial charge in [-0.2, -0.15) is 0 Å². The molecule has 0 saturated heterocycles. The Kier molecular flexibility index (Phi) is 7.00. The Bertz CT molecular complexity index is 873. The molecule has 29 heavy (non-hydrogen) atoms. The minimum absolute atomic E-state index is 0.0972. The molecule has 2 N–H and O–H groups in total. The first kappa shape index (κ1) is 20.6. The van der Waals surface area contributed by atoms with E-state index >= 15 is 0 Å². The van der Waals surface area contributed by atoms with E-state index in [-0.39, 0.29) is 17.7 Å². The number of ether oxygens (including phenoxy) is 1. The van der Waals surface area contributed by atoms with Crippen LogP contribution in [0.4, 0.5) is 5.69 Å². The molecule has 2 aromatic rings. The highest BCUT2D eigenvalue weighted by Gasteiger charge is 2.29. The molecule has 2 amide bonds. The topological polar surface area (TPSA) is 84.5 Å². The first-order valence-corrected chi connectivity index (χ1v) is 10.0. The predicted molar refractivity (Wildman–Crippen MR) is 111 cm³/mol. The summed E-state index contributed by atoms with van der Waals surface area (Å²) in [6.45, 7) is 2.87. The van der Waals surface area contributed by atoms with Crippen molar-refractivity contribution in [2.24, 2.45) is 5.92 Å². The van der Waals surface area contributed by atoms with Crippen molar-refractivity contribution in [3.05, 3.63) is 65.2 Å². The number of amides is 2. The van der Waals surface area contributed by atoms with E-state index in [1.165, 1.54) is 0 Å². The van der Waals surface area contributed by atoms with Crippen LogP contribution in [0.25, 0.3) is 0 Å². The van der Waals surface area contributed by atoms with Crippen LogP contribution in [0.15, 0.2) is 48.5 Å². The summed E-state index contributed by atoms with van der Waals surface area (Å²) < 4.78 is 5.20. The van der Waals surface area contributed by atoms with Gasteiger partial charge in [-0.05, 0) is 55.2 Å². The predicted octanol–water partition coefficient (Wildman–Crippen LogP) is 3.92. The number of hydrogen-bond donors (Lipinski definition) is 2. The Morgan fingerprint density at radius 3 is 2.48 bits per heavy atom. The van der Waals surface area contributed by atoms with Crippen LogP contribution in [0, 0.1) is 5.92 Å². The SMILES string of the molecule is CCCCOC(=O)c1cccc(NC(=O)c2ccc(CNC(=O)C3CC3)cc2)c1. The van der Waals surface area contributed by atoms with Crippen molar-refractivity contribution in [3.63, 3.8) is 0 Å². The number of hydrogen-bond acceptors (Lipinski definition) is 4. The summed E-state index contributed by atoms with van der Waals surface area (Å²) in [5.41, 5.74) is 2.37. The highest BCUT2D eigenvalue weighted by molar-refractivity contribution is 6.04. The maximum atomic E-state index is 12.5. The largest absolute Gasteiger partial charge is 0.462 e. The third-order valence-electron chi connectivity index (χ3n) is 4.72. The molecule has 1 fully saturated rings. The number of rotatable bonds is 9. The van der Waals surface area contributed by atoms with Crippen molar-refractivity contribution >= 4 is 23.5 Å². The molecule has 0 aromatic heterocycles. The standard InChI is InChI=1S/C23H26N2O4/c1-2-3-13-29-23(28)19-5-4-6-20(14-19)25-22(27)18-9-7-16(8-10-18)15-24-21(26)17-11-12-17/h4-10,14,17H,2-3,11-13,15H2,1H3,(H,24,26)(H,25,27). The zero-order chi connectivity index (χ0) is 20.6. The van der Waals surface area contributed by atoms with E-state index in [9.17, 15) is 14.4 Å². The van der Waals surface area contributed by atoms with E-state index in [4.69, 9.17) is 4.74 Å². The maximum Gasteiger partial charge on any atom is 0.338 e. The monoisotopic (exact) mass is 394 g/mol. The fourth-order valence-electron chi connectivity index (χ4n) is 2.77. The molecule has 1 aliphatic carbocycles. The van der Waals surface area contributed by atoms with Gasteiger partial charge < -0.3 is 15.4 Å². The molecule has 2 aromatic carbocycles. The van der Waals surface area contributed by atoms with E-state index in [1.807, 2.05) is 19.1 Å². The number of carbonyl (C=O) groups is 3. The molecule has 3 rings (SSSR count).